The molecule has 278 valence electrons. The van der Waals surface area contributed by atoms with Crippen LogP contribution in [0.4, 0.5) is 17.1 Å². The van der Waals surface area contributed by atoms with Crippen molar-refractivity contribution in [1.29, 1.82) is 0 Å². The van der Waals surface area contributed by atoms with Crippen molar-refractivity contribution in [3.05, 3.63) is 210 Å². The zero-order valence-corrected chi connectivity index (χ0v) is 33.3. The first kappa shape index (κ1) is 34.4. The molecule has 0 spiro atoms. The third-order valence-electron chi connectivity index (χ3n) is 12.9. The first-order chi connectivity index (χ1) is 28.3. The molecular weight excluding hydrogens is 703 g/mol. The van der Waals surface area contributed by atoms with Crippen molar-refractivity contribution >= 4 is 28.0 Å². The fourth-order valence-electron chi connectivity index (χ4n) is 9.82. The van der Waals surface area contributed by atoms with E-state index in [9.17, 15) is 0 Å². The average Bonchev–Trinajstić information content (AvgIpc) is 3.85. The maximum absolute atomic E-state index is 6.45. The Morgan fingerprint density at radius 2 is 0.879 bits per heavy atom. The molecule has 2 aliphatic carbocycles. The summed E-state index contributed by atoms with van der Waals surface area (Å²) in [5, 5.41) is 1.20. The van der Waals surface area contributed by atoms with Crippen molar-refractivity contribution in [2.24, 2.45) is 0 Å². The Balaban J connectivity index is 0.958. The minimum atomic E-state index is -0.166. The lowest BCUT2D eigenvalue weighted by Crippen LogP contribution is -2.15. The van der Waals surface area contributed by atoms with E-state index in [0.29, 0.717) is 0 Å². The number of benzene rings is 8. The molecule has 2 heteroatoms. The van der Waals surface area contributed by atoms with Crippen molar-refractivity contribution in [2.75, 3.05) is 4.90 Å². The fraction of sp³-hybridized carbons (Fsp3) is 0.107. The maximum atomic E-state index is 6.45. The first-order valence-electron chi connectivity index (χ1n) is 20.3. The molecule has 8 aromatic carbocycles. The molecule has 2 nitrogen and oxygen atoms in total. The van der Waals surface area contributed by atoms with Gasteiger partial charge in [-0.15, -0.1) is 0 Å². The predicted octanol–water partition coefficient (Wildman–Crippen LogP) is 15.5. The van der Waals surface area contributed by atoms with Crippen molar-refractivity contribution in [3.63, 3.8) is 0 Å². The van der Waals surface area contributed by atoms with Crippen LogP contribution in [0.25, 0.3) is 66.8 Å². The highest BCUT2D eigenvalue weighted by Gasteiger charge is 2.40. The Morgan fingerprint density at radius 1 is 0.362 bits per heavy atom. The Hall–Kier alpha value is -6.90. The third kappa shape index (κ3) is 5.25. The number of hydrogen-bond donors (Lipinski definition) is 0. The van der Waals surface area contributed by atoms with Gasteiger partial charge in [0.15, 0.2) is 0 Å². The molecule has 0 N–H and O–H groups in total. The summed E-state index contributed by atoms with van der Waals surface area (Å²) in [5.74, 6) is 1.01. The molecule has 0 aliphatic heterocycles. The van der Waals surface area contributed by atoms with Crippen molar-refractivity contribution in [2.45, 2.75) is 38.5 Å². The number of rotatable bonds is 6. The average molecular weight is 746 g/mol. The molecule has 2 aliphatic rings. The first-order valence-corrected chi connectivity index (χ1v) is 20.3. The molecule has 9 aromatic rings. The second-order valence-corrected chi connectivity index (χ2v) is 17.0. The van der Waals surface area contributed by atoms with Crippen LogP contribution >= 0.6 is 0 Å². The number of anilines is 3. The monoisotopic (exact) mass is 745 g/mol. The van der Waals surface area contributed by atoms with E-state index in [4.69, 9.17) is 4.42 Å². The molecule has 0 saturated heterocycles. The Kier molecular flexibility index (Phi) is 7.59. The summed E-state index contributed by atoms with van der Waals surface area (Å²) in [4.78, 5) is 2.37. The van der Waals surface area contributed by atoms with Crippen LogP contribution in [0.5, 0.6) is 0 Å². The zero-order chi connectivity index (χ0) is 39.2. The number of furan rings is 1. The molecule has 1 heterocycles. The quantitative estimate of drug-likeness (QED) is 0.169. The highest BCUT2D eigenvalue weighted by Crippen LogP contribution is 2.54. The lowest BCUT2D eigenvalue weighted by Gasteiger charge is -2.27. The third-order valence-corrected chi connectivity index (χ3v) is 12.9. The van der Waals surface area contributed by atoms with Crippen molar-refractivity contribution in [1.82, 2.24) is 0 Å². The summed E-state index contributed by atoms with van der Waals surface area (Å²) in [5.41, 5.74) is 20.6. The second-order valence-electron chi connectivity index (χ2n) is 17.0. The molecule has 0 fully saturated rings. The van der Waals surface area contributed by atoms with Gasteiger partial charge in [-0.1, -0.05) is 161 Å². The van der Waals surface area contributed by atoms with Gasteiger partial charge in [0.1, 0.15) is 11.3 Å². The molecule has 0 atom stereocenters. The van der Waals surface area contributed by atoms with Crippen LogP contribution in [0.2, 0.25) is 0 Å². The molecule has 1 aromatic heterocycles. The van der Waals surface area contributed by atoms with Crippen molar-refractivity contribution < 1.29 is 4.42 Å². The number of hydrogen-bond acceptors (Lipinski definition) is 2. The lowest BCUT2D eigenvalue weighted by molar-refractivity contribution is 0.619. The molecule has 0 bridgehead atoms. The van der Waals surface area contributed by atoms with Gasteiger partial charge in [0.05, 0.1) is 0 Å². The van der Waals surface area contributed by atoms with Crippen LogP contribution in [0.1, 0.15) is 49.9 Å². The van der Waals surface area contributed by atoms with Gasteiger partial charge in [-0.2, -0.15) is 0 Å². The van der Waals surface area contributed by atoms with Crippen LogP contribution in [-0.4, -0.2) is 0 Å². The standard InChI is InChI=1S/C56H43NO/c1-55(2)49-19-10-8-17-45(49)46-31-25-40(34-50(46)55)37-21-27-42(28-22-37)57(44-16-12-15-39(33-44)36-13-6-5-7-14-36)43-29-23-38(24-30-43)41-26-32-47-51(35-41)56(3,4)53-48-18-9-11-20-52(48)58-54(47)53/h5-35H,1-4H3. The van der Waals surface area contributed by atoms with E-state index in [2.05, 4.69) is 215 Å². The van der Waals surface area contributed by atoms with E-state index in [1.165, 1.54) is 77.7 Å². The Bertz CT molecular complexity index is 3040. The van der Waals surface area contributed by atoms with Crippen LogP contribution in [0.15, 0.2) is 192 Å². The second kappa shape index (κ2) is 12.8. The van der Waals surface area contributed by atoms with E-state index in [0.717, 1.165) is 28.4 Å². The summed E-state index contributed by atoms with van der Waals surface area (Å²) < 4.78 is 6.45. The SMILES string of the molecule is CC1(C)c2ccccc2-c2ccc(-c3ccc(N(c4ccc(-c5ccc6c(c5)C(C)(C)c5c-6oc6ccccc56)cc4)c4cccc(-c5ccccc5)c4)cc3)cc21. The van der Waals surface area contributed by atoms with Gasteiger partial charge in [-0.3, -0.25) is 0 Å². The topological polar surface area (TPSA) is 16.4 Å². The van der Waals surface area contributed by atoms with E-state index >= 15 is 0 Å². The van der Waals surface area contributed by atoms with Crippen LogP contribution in [0, 0.1) is 0 Å². The van der Waals surface area contributed by atoms with Gasteiger partial charge in [0.25, 0.3) is 0 Å². The molecular formula is C56H43NO. The maximum Gasteiger partial charge on any atom is 0.139 e. The van der Waals surface area contributed by atoms with Crippen molar-refractivity contribution in [3.8, 4) is 55.8 Å². The fourth-order valence-corrected chi connectivity index (χ4v) is 9.82. The minimum absolute atomic E-state index is 0.0395. The minimum Gasteiger partial charge on any atom is -0.456 e. The summed E-state index contributed by atoms with van der Waals surface area (Å²) >= 11 is 0. The molecule has 0 unspecified atom stereocenters. The van der Waals surface area contributed by atoms with E-state index in [1.807, 2.05) is 6.07 Å². The highest BCUT2D eigenvalue weighted by molar-refractivity contribution is 5.95. The lowest BCUT2D eigenvalue weighted by atomic mass is 9.80. The Labute approximate surface area is 340 Å². The van der Waals surface area contributed by atoms with Gasteiger partial charge in [-0.05, 0) is 116 Å². The molecule has 0 saturated carbocycles. The van der Waals surface area contributed by atoms with E-state index in [1.54, 1.807) is 0 Å². The van der Waals surface area contributed by atoms with Crippen LogP contribution < -0.4 is 4.90 Å². The van der Waals surface area contributed by atoms with Crippen LogP contribution in [0.3, 0.4) is 0 Å². The van der Waals surface area contributed by atoms with E-state index < -0.39 is 0 Å². The molecule has 58 heavy (non-hydrogen) atoms. The van der Waals surface area contributed by atoms with Crippen LogP contribution in [-0.2, 0) is 10.8 Å². The van der Waals surface area contributed by atoms with E-state index in [-0.39, 0.29) is 10.8 Å². The molecule has 0 radical (unpaired) electrons. The van der Waals surface area contributed by atoms with Gasteiger partial charge in [0.2, 0.25) is 0 Å². The smallest absolute Gasteiger partial charge is 0.139 e. The summed E-state index contributed by atoms with van der Waals surface area (Å²) in [6.45, 7) is 9.34. The summed E-state index contributed by atoms with van der Waals surface area (Å²) in [7, 11) is 0. The number of para-hydroxylation sites is 1. The highest BCUT2D eigenvalue weighted by atomic mass is 16.3. The Morgan fingerprint density at radius 3 is 1.59 bits per heavy atom. The molecule has 11 rings (SSSR count). The normalized spacial score (nSPS) is 14.1. The summed E-state index contributed by atoms with van der Waals surface area (Å²) in [6.07, 6.45) is 0. The van der Waals surface area contributed by atoms with Gasteiger partial charge >= 0.3 is 0 Å². The number of fused-ring (bicyclic) bond motifs is 8. The largest absolute Gasteiger partial charge is 0.456 e. The van der Waals surface area contributed by atoms with Gasteiger partial charge in [0, 0.05) is 44.4 Å². The zero-order valence-electron chi connectivity index (χ0n) is 33.3. The van der Waals surface area contributed by atoms with Gasteiger partial charge < -0.3 is 9.32 Å². The predicted molar refractivity (Wildman–Crippen MR) is 242 cm³/mol. The summed E-state index contributed by atoms with van der Waals surface area (Å²) in [6, 6.07) is 68.7. The number of nitrogens with zero attached hydrogens (tertiary/aromatic N) is 1. The molecule has 0 amide bonds. The van der Waals surface area contributed by atoms with Gasteiger partial charge in [-0.25, -0.2) is 0 Å².